The SMILES string of the molecule is CCSc1cc(C(=O)N(c2ccc(OC)cc2)[C@@H](C)C2CC2)ccn1. The summed E-state index contributed by atoms with van der Waals surface area (Å²) < 4.78 is 5.24. The molecule has 3 rings (SSSR count). The summed E-state index contributed by atoms with van der Waals surface area (Å²) in [5.41, 5.74) is 1.60. The van der Waals surface area contributed by atoms with Gasteiger partial charge in [-0.25, -0.2) is 4.98 Å². The van der Waals surface area contributed by atoms with E-state index in [1.807, 2.05) is 35.2 Å². The van der Waals surface area contributed by atoms with Crippen molar-refractivity contribution in [3.8, 4) is 5.75 Å². The van der Waals surface area contributed by atoms with Crippen molar-refractivity contribution in [3.05, 3.63) is 48.2 Å². The predicted molar refractivity (Wildman–Crippen MR) is 103 cm³/mol. The number of methoxy groups -OCH3 is 1. The number of hydrogen-bond acceptors (Lipinski definition) is 4. The Labute approximate surface area is 153 Å². The minimum Gasteiger partial charge on any atom is -0.497 e. The number of carbonyl (C=O) groups excluding carboxylic acids is 1. The van der Waals surface area contributed by atoms with Crippen molar-refractivity contribution in [2.45, 2.75) is 37.8 Å². The lowest BCUT2D eigenvalue weighted by atomic mass is 10.1. The summed E-state index contributed by atoms with van der Waals surface area (Å²) in [6.45, 7) is 4.22. The fourth-order valence-corrected chi connectivity index (χ4v) is 3.62. The molecule has 132 valence electrons. The van der Waals surface area contributed by atoms with Gasteiger partial charge in [-0.2, -0.15) is 0 Å². The van der Waals surface area contributed by atoms with Crippen molar-refractivity contribution in [2.24, 2.45) is 5.92 Å². The highest BCUT2D eigenvalue weighted by Crippen LogP contribution is 2.38. The number of thioether (sulfide) groups is 1. The average Bonchev–Trinajstić information content (AvgIpc) is 3.48. The molecule has 0 spiro atoms. The van der Waals surface area contributed by atoms with Crippen molar-refractivity contribution in [1.29, 1.82) is 0 Å². The van der Waals surface area contributed by atoms with Gasteiger partial charge in [0.25, 0.3) is 5.91 Å². The number of aromatic nitrogens is 1. The minimum atomic E-state index is 0.0323. The van der Waals surface area contributed by atoms with E-state index in [-0.39, 0.29) is 11.9 Å². The number of hydrogen-bond donors (Lipinski definition) is 0. The molecule has 1 saturated carbocycles. The van der Waals surface area contributed by atoms with Crippen LogP contribution in [0.3, 0.4) is 0 Å². The molecule has 4 nitrogen and oxygen atoms in total. The first-order chi connectivity index (χ1) is 12.1. The van der Waals surface area contributed by atoms with E-state index < -0.39 is 0 Å². The summed E-state index contributed by atoms with van der Waals surface area (Å²) >= 11 is 1.65. The normalized spacial score (nSPS) is 14.8. The number of amides is 1. The number of anilines is 1. The molecular weight excluding hydrogens is 332 g/mol. The van der Waals surface area contributed by atoms with Gasteiger partial charge < -0.3 is 9.64 Å². The van der Waals surface area contributed by atoms with Crippen LogP contribution in [0.5, 0.6) is 5.75 Å². The highest BCUT2D eigenvalue weighted by atomic mass is 32.2. The molecule has 5 heteroatoms. The predicted octanol–water partition coefficient (Wildman–Crippen LogP) is 4.65. The molecule has 0 N–H and O–H groups in total. The first-order valence-electron chi connectivity index (χ1n) is 8.70. The topological polar surface area (TPSA) is 42.4 Å². The van der Waals surface area contributed by atoms with Gasteiger partial charge in [-0.3, -0.25) is 4.79 Å². The summed E-state index contributed by atoms with van der Waals surface area (Å²) in [7, 11) is 1.65. The third-order valence-electron chi connectivity index (χ3n) is 4.55. The summed E-state index contributed by atoms with van der Waals surface area (Å²) in [5, 5.41) is 0.891. The molecule has 1 aliphatic rings. The second-order valence-electron chi connectivity index (χ2n) is 6.27. The van der Waals surface area contributed by atoms with Crippen molar-refractivity contribution < 1.29 is 9.53 Å². The van der Waals surface area contributed by atoms with Crippen LogP contribution in [0.15, 0.2) is 47.6 Å². The third-order valence-corrected chi connectivity index (χ3v) is 5.36. The molecule has 1 amide bonds. The van der Waals surface area contributed by atoms with Crippen LogP contribution < -0.4 is 9.64 Å². The van der Waals surface area contributed by atoms with Crippen LogP contribution in [-0.2, 0) is 0 Å². The Balaban J connectivity index is 1.92. The second-order valence-corrected chi connectivity index (χ2v) is 7.55. The molecule has 0 saturated heterocycles. The molecule has 1 aromatic heterocycles. The zero-order valence-electron chi connectivity index (χ0n) is 14.9. The molecule has 1 aromatic carbocycles. The zero-order valence-corrected chi connectivity index (χ0v) is 15.8. The molecular formula is C20H24N2O2S. The summed E-state index contributed by atoms with van der Waals surface area (Å²) in [5.74, 6) is 2.34. The molecule has 25 heavy (non-hydrogen) atoms. The highest BCUT2D eigenvalue weighted by Gasteiger charge is 2.35. The van der Waals surface area contributed by atoms with Crippen molar-refractivity contribution in [2.75, 3.05) is 17.8 Å². The lowest BCUT2D eigenvalue weighted by Gasteiger charge is -2.30. The summed E-state index contributed by atoms with van der Waals surface area (Å²) in [6, 6.07) is 11.6. The first-order valence-corrected chi connectivity index (χ1v) is 9.69. The van der Waals surface area contributed by atoms with E-state index in [0.717, 1.165) is 22.2 Å². The van der Waals surface area contributed by atoms with Gasteiger partial charge in [0.05, 0.1) is 12.1 Å². The molecule has 0 radical (unpaired) electrons. The molecule has 0 aliphatic heterocycles. The van der Waals surface area contributed by atoms with Crippen molar-refractivity contribution >= 4 is 23.4 Å². The number of nitrogens with zero attached hydrogens (tertiary/aromatic N) is 2. The highest BCUT2D eigenvalue weighted by molar-refractivity contribution is 7.99. The van der Waals surface area contributed by atoms with E-state index >= 15 is 0 Å². The Morgan fingerprint density at radius 2 is 2.04 bits per heavy atom. The number of rotatable bonds is 7. The van der Waals surface area contributed by atoms with Crippen LogP contribution in [0.4, 0.5) is 5.69 Å². The van der Waals surface area contributed by atoms with Crippen LogP contribution in [0, 0.1) is 5.92 Å². The van der Waals surface area contributed by atoms with Crippen LogP contribution >= 0.6 is 11.8 Å². The van der Waals surface area contributed by atoms with Gasteiger partial charge in [0.2, 0.25) is 0 Å². The maximum absolute atomic E-state index is 13.3. The van der Waals surface area contributed by atoms with Crippen LogP contribution in [-0.4, -0.2) is 29.8 Å². The van der Waals surface area contributed by atoms with E-state index in [1.54, 1.807) is 31.1 Å². The van der Waals surface area contributed by atoms with Gasteiger partial charge >= 0.3 is 0 Å². The monoisotopic (exact) mass is 356 g/mol. The Morgan fingerprint density at radius 3 is 2.64 bits per heavy atom. The number of ether oxygens (including phenoxy) is 1. The molecule has 1 fully saturated rings. The van der Waals surface area contributed by atoms with Gasteiger partial charge in [-0.05, 0) is 67.8 Å². The van der Waals surface area contributed by atoms with Gasteiger partial charge in [0.15, 0.2) is 0 Å². The van der Waals surface area contributed by atoms with Gasteiger partial charge in [0.1, 0.15) is 5.75 Å². The van der Waals surface area contributed by atoms with Gasteiger partial charge in [-0.15, -0.1) is 11.8 Å². The standard InChI is InChI=1S/C20H24N2O2S/c1-4-25-19-13-16(11-12-21-19)20(23)22(14(2)15-5-6-15)17-7-9-18(24-3)10-8-17/h7-15H,4-6H2,1-3H3/t14-/m0/s1. The maximum Gasteiger partial charge on any atom is 0.258 e. The fraction of sp³-hybridized carbons (Fsp3) is 0.400. The van der Waals surface area contributed by atoms with Crippen LogP contribution in [0.25, 0.3) is 0 Å². The van der Waals surface area contributed by atoms with Gasteiger partial charge in [-0.1, -0.05) is 6.92 Å². The maximum atomic E-state index is 13.3. The molecule has 2 aromatic rings. The Kier molecular flexibility index (Phi) is 5.63. The lowest BCUT2D eigenvalue weighted by molar-refractivity contribution is 0.0975. The van der Waals surface area contributed by atoms with Crippen LogP contribution in [0.2, 0.25) is 0 Å². The van der Waals surface area contributed by atoms with E-state index in [9.17, 15) is 4.79 Å². The quantitative estimate of drug-likeness (QED) is 0.677. The summed E-state index contributed by atoms with van der Waals surface area (Å²) in [6.07, 6.45) is 4.10. The molecule has 0 unspecified atom stereocenters. The largest absolute Gasteiger partial charge is 0.497 e. The van der Waals surface area contributed by atoms with Crippen LogP contribution in [0.1, 0.15) is 37.0 Å². The second kappa shape index (κ2) is 7.91. The molecule has 1 aliphatic carbocycles. The summed E-state index contributed by atoms with van der Waals surface area (Å²) in [4.78, 5) is 19.5. The smallest absolute Gasteiger partial charge is 0.258 e. The molecule has 1 atom stereocenters. The van der Waals surface area contributed by atoms with Crippen molar-refractivity contribution in [1.82, 2.24) is 4.98 Å². The molecule has 1 heterocycles. The van der Waals surface area contributed by atoms with E-state index in [1.165, 1.54) is 12.8 Å². The third kappa shape index (κ3) is 4.15. The molecule has 0 bridgehead atoms. The number of carbonyl (C=O) groups is 1. The number of pyridine rings is 1. The van der Waals surface area contributed by atoms with E-state index in [2.05, 4.69) is 18.8 Å². The minimum absolute atomic E-state index is 0.0323. The van der Waals surface area contributed by atoms with E-state index in [0.29, 0.717) is 11.5 Å². The average molecular weight is 356 g/mol. The number of benzene rings is 1. The first kappa shape index (κ1) is 17.8. The Hall–Kier alpha value is -2.01. The fourth-order valence-electron chi connectivity index (χ4n) is 2.98. The lowest BCUT2D eigenvalue weighted by Crippen LogP contribution is -2.40. The van der Waals surface area contributed by atoms with Crippen molar-refractivity contribution in [3.63, 3.8) is 0 Å². The van der Waals surface area contributed by atoms with E-state index in [4.69, 9.17) is 4.74 Å². The Bertz CT molecular complexity index is 729. The Morgan fingerprint density at radius 1 is 1.32 bits per heavy atom. The van der Waals surface area contributed by atoms with Gasteiger partial charge in [0, 0.05) is 23.5 Å². The zero-order chi connectivity index (χ0) is 17.8.